The van der Waals surface area contributed by atoms with Gasteiger partial charge in [0.15, 0.2) is 5.82 Å². The van der Waals surface area contributed by atoms with E-state index in [9.17, 15) is 4.79 Å². The van der Waals surface area contributed by atoms with Gasteiger partial charge in [0, 0.05) is 5.92 Å². The molecule has 6 heteroatoms. The monoisotopic (exact) mass is 208 g/mol. The molecule has 6 nitrogen and oxygen atoms in total. The van der Waals surface area contributed by atoms with Crippen molar-refractivity contribution >= 4 is 5.97 Å². The topological polar surface area (TPSA) is 80.9 Å². The van der Waals surface area contributed by atoms with Crippen LogP contribution in [0.25, 0.3) is 0 Å². The fraction of sp³-hybridized carbons (Fsp3) is 0.778. The summed E-state index contributed by atoms with van der Waals surface area (Å²) in [5, 5.41) is 19.9. The van der Waals surface area contributed by atoms with Crippen LogP contribution < -0.4 is 0 Å². The maximum atomic E-state index is 10.6. The minimum absolute atomic E-state index is 0.131. The van der Waals surface area contributed by atoms with Crippen LogP contribution >= 0.6 is 0 Å². The second-order valence-corrected chi connectivity index (χ2v) is 4.51. The van der Waals surface area contributed by atoms with Crippen molar-refractivity contribution in [3.8, 4) is 0 Å². The minimum atomic E-state index is -0.897. The normalized spacial score (nSPS) is 32.7. The van der Waals surface area contributed by atoms with Crippen molar-refractivity contribution < 1.29 is 9.90 Å². The third-order valence-electron chi connectivity index (χ3n) is 3.45. The van der Waals surface area contributed by atoms with Crippen LogP contribution in [0.2, 0.25) is 0 Å². The second kappa shape index (κ2) is 3.01. The molecule has 2 atom stereocenters. The fourth-order valence-electron chi connectivity index (χ4n) is 2.67. The lowest BCUT2D eigenvalue weighted by atomic mass is 10.0. The number of hydrogen-bond donors (Lipinski definition) is 1. The molecule has 2 saturated carbocycles. The van der Waals surface area contributed by atoms with Gasteiger partial charge >= 0.3 is 5.97 Å². The molecule has 1 aromatic heterocycles. The zero-order valence-electron chi connectivity index (χ0n) is 8.20. The molecule has 0 amide bonds. The molecule has 2 aliphatic rings. The molecule has 0 radical (unpaired) electrons. The van der Waals surface area contributed by atoms with Crippen LogP contribution in [0.1, 0.15) is 31.0 Å². The summed E-state index contributed by atoms with van der Waals surface area (Å²) in [6.45, 7) is -0.131. The van der Waals surface area contributed by atoms with E-state index >= 15 is 0 Å². The Morgan fingerprint density at radius 1 is 1.40 bits per heavy atom. The average molecular weight is 208 g/mol. The van der Waals surface area contributed by atoms with Gasteiger partial charge in [-0.3, -0.25) is 4.79 Å². The van der Waals surface area contributed by atoms with Crippen molar-refractivity contribution in [3.63, 3.8) is 0 Å². The zero-order chi connectivity index (χ0) is 10.4. The van der Waals surface area contributed by atoms with E-state index in [2.05, 4.69) is 15.5 Å². The van der Waals surface area contributed by atoms with E-state index in [0.29, 0.717) is 5.92 Å². The van der Waals surface area contributed by atoms with Crippen LogP contribution in [0.15, 0.2) is 0 Å². The van der Waals surface area contributed by atoms with Gasteiger partial charge in [-0.15, -0.1) is 5.10 Å². The highest BCUT2D eigenvalue weighted by Crippen LogP contribution is 2.57. The van der Waals surface area contributed by atoms with Crippen molar-refractivity contribution in [1.82, 2.24) is 20.2 Å². The molecule has 1 heterocycles. The summed E-state index contributed by atoms with van der Waals surface area (Å²) < 4.78 is 1.41. The molecule has 0 aliphatic heterocycles. The van der Waals surface area contributed by atoms with Gasteiger partial charge in [-0.05, 0) is 41.5 Å². The molecule has 2 aliphatic carbocycles. The standard InChI is InChI=1S/C9H12N4O2/c14-8(15)4-13-9(10-11-12-13)7-2-5-1-6(5)3-7/h5-7H,1-4H2,(H,14,15). The zero-order valence-corrected chi connectivity index (χ0v) is 8.20. The van der Waals surface area contributed by atoms with Crippen molar-refractivity contribution in [2.24, 2.45) is 11.8 Å². The number of hydrogen-bond acceptors (Lipinski definition) is 4. The van der Waals surface area contributed by atoms with Crippen molar-refractivity contribution in [2.75, 3.05) is 0 Å². The number of carbonyl (C=O) groups is 1. The summed E-state index contributed by atoms with van der Waals surface area (Å²) in [5.41, 5.74) is 0. The first-order valence-corrected chi connectivity index (χ1v) is 5.22. The lowest BCUT2D eigenvalue weighted by Crippen LogP contribution is -2.15. The Morgan fingerprint density at radius 3 is 2.80 bits per heavy atom. The third-order valence-corrected chi connectivity index (χ3v) is 3.45. The van der Waals surface area contributed by atoms with Gasteiger partial charge in [-0.2, -0.15) is 0 Å². The van der Waals surface area contributed by atoms with Crippen LogP contribution in [0.4, 0.5) is 0 Å². The van der Waals surface area contributed by atoms with Gasteiger partial charge in [-0.1, -0.05) is 0 Å². The number of carboxylic acids is 1. The number of aromatic nitrogens is 4. The summed E-state index contributed by atoms with van der Waals surface area (Å²) in [6, 6.07) is 0. The number of fused-ring (bicyclic) bond motifs is 1. The van der Waals surface area contributed by atoms with E-state index in [4.69, 9.17) is 5.11 Å². The first kappa shape index (κ1) is 8.82. The first-order chi connectivity index (χ1) is 7.24. The Hall–Kier alpha value is -1.46. The SMILES string of the molecule is O=C(O)Cn1nnnc1C1CC2CC2C1. The van der Waals surface area contributed by atoms with E-state index in [1.54, 1.807) is 0 Å². The molecule has 0 saturated heterocycles. The Kier molecular flexibility index (Phi) is 1.77. The van der Waals surface area contributed by atoms with Gasteiger partial charge in [-0.25, -0.2) is 4.68 Å². The van der Waals surface area contributed by atoms with E-state index in [0.717, 1.165) is 30.5 Å². The number of tetrazole rings is 1. The largest absolute Gasteiger partial charge is 0.480 e. The maximum Gasteiger partial charge on any atom is 0.325 e. The Labute approximate surface area is 86.3 Å². The summed E-state index contributed by atoms with van der Waals surface area (Å²) in [7, 11) is 0. The molecule has 1 aromatic rings. The van der Waals surface area contributed by atoms with Crippen molar-refractivity contribution in [3.05, 3.63) is 5.82 Å². The van der Waals surface area contributed by atoms with Gasteiger partial charge < -0.3 is 5.11 Å². The Bertz CT molecular complexity index is 393. The number of carboxylic acid groups (broad SMARTS) is 1. The smallest absolute Gasteiger partial charge is 0.325 e. The summed E-state index contributed by atoms with van der Waals surface area (Å²) in [5.74, 6) is 1.94. The molecular weight excluding hydrogens is 196 g/mol. The van der Waals surface area contributed by atoms with Crippen molar-refractivity contribution in [2.45, 2.75) is 31.7 Å². The number of rotatable bonds is 3. The van der Waals surface area contributed by atoms with E-state index in [1.165, 1.54) is 11.1 Å². The van der Waals surface area contributed by atoms with Crippen molar-refractivity contribution in [1.29, 1.82) is 0 Å². The Balaban J connectivity index is 1.79. The number of aliphatic carboxylic acids is 1. The van der Waals surface area contributed by atoms with Crippen LogP contribution in [0, 0.1) is 11.8 Å². The fourth-order valence-corrected chi connectivity index (χ4v) is 2.67. The summed E-state index contributed by atoms with van der Waals surface area (Å²) in [4.78, 5) is 10.6. The highest BCUT2D eigenvalue weighted by molar-refractivity contribution is 5.66. The molecular formula is C9H12N4O2. The van der Waals surface area contributed by atoms with Gasteiger partial charge in [0.05, 0.1) is 0 Å². The maximum absolute atomic E-state index is 10.6. The molecule has 15 heavy (non-hydrogen) atoms. The molecule has 1 N–H and O–H groups in total. The molecule has 0 aromatic carbocycles. The minimum Gasteiger partial charge on any atom is -0.480 e. The molecule has 0 bridgehead atoms. The third kappa shape index (κ3) is 1.49. The number of nitrogens with zero attached hydrogens (tertiary/aromatic N) is 4. The molecule has 2 fully saturated rings. The molecule has 0 spiro atoms. The lowest BCUT2D eigenvalue weighted by Gasteiger charge is -2.09. The van der Waals surface area contributed by atoms with Crippen LogP contribution in [0.3, 0.4) is 0 Å². The highest BCUT2D eigenvalue weighted by Gasteiger charge is 2.47. The van der Waals surface area contributed by atoms with Crippen LogP contribution in [-0.4, -0.2) is 31.3 Å². The van der Waals surface area contributed by atoms with E-state index in [1.807, 2.05) is 0 Å². The first-order valence-electron chi connectivity index (χ1n) is 5.22. The summed E-state index contributed by atoms with van der Waals surface area (Å²) in [6.07, 6.45) is 3.60. The quantitative estimate of drug-likeness (QED) is 0.771. The van der Waals surface area contributed by atoms with Gasteiger partial charge in [0.2, 0.25) is 0 Å². The Morgan fingerprint density at radius 2 is 2.13 bits per heavy atom. The van der Waals surface area contributed by atoms with E-state index < -0.39 is 5.97 Å². The highest BCUT2D eigenvalue weighted by atomic mass is 16.4. The molecule has 3 rings (SSSR count). The predicted octanol–water partition coefficient (Wildman–Crippen LogP) is 0.271. The average Bonchev–Trinajstić information content (AvgIpc) is 2.64. The van der Waals surface area contributed by atoms with Crippen LogP contribution in [0.5, 0.6) is 0 Å². The van der Waals surface area contributed by atoms with E-state index in [-0.39, 0.29) is 6.54 Å². The second-order valence-electron chi connectivity index (χ2n) is 4.51. The summed E-state index contributed by atoms with van der Waals surface area (Å²) >= 11 is 0. The lowest BCUT2D eigenvalue weighted by molar-refractivity contribution is -0.138. The molecule has 80 valence electrons. The van der Waals surface area contributed by atoms with Gasteiger partial charge in [0.1, 0.15) is 6.54 Å². The predicted molar refractivity (Wildman–Crippen MR) is 49.0 cm³/mol. The molecule has 2 unspecified atom stereocenters. The van der Waals surface area contributed by atoms with Crippen LogP contribution in [-0.2, 0) is 11.3 Å². The van der Waals surface area contributed by atoms with Gasteiger partial charge in [0.25, 0.3) is 0 Å².